The lowest BCUT2D eigenvalue weighted by molar-refractivity contribution is 0.361. The van der Waals surface area contributed by atoms with Crippen LogP contribution in [0.1, 0.15) is 32.7 Å². The Morgan fingerprint density at radius 3 is 2.71 bits per heavy atom. The number of hydrogen-bond acceptors (Lipinski definition) is 4. The fourth-order valence-corrected chi connectivity index (χ4v) is 2.88. The second kappa shape index (κ2) is 5.37. The normalized spacial score (nSPS) is 11.6. The van der Waals surface area contributed by atoms with E-state index in [1.807, 2.05) is 15.3 Å². The quantitative estimate of drug-likeness (QED) is 0.802. The zero-order valence-electron chi connectivity index (χ0n) is 11.9. The van der Waals surface area contributed by atoms with E-state index in [0.29, 0.717) is 10.7 Å². The maximum atomic E-state index is 10.2. The van der Waals surface area contributed by atoms with Crippen molar-refractivity contribution in [3.8, 4) is 11.7 Å². The summed E-state index contributed by atoms with van der Waals surface area (Å²) < 4.78 is 3.62. The van der Waals surface area contributed by atoms with Gasteiger partial charge in [-0.1, -0.05) is 25.4 Å². The van der Waals surface area contributed by atoms with Crippen LogP contribution in [0.2, 0.25) is 5.02 Å². The molecule has 0 fully saturated rings. The minimum absolute atomic E-state index is 0.0326. The van der Waals surface area contributed by atoms with E-state index in [2.05, 4.69) is 28.8 Å². The zero-order valence-corrected chi connectivity index (χ0v) is 12.6. The molecule has 3 aromatic heterocycles. The standard InChI is InChI=1S/C14H16ClN5O/c1-3-9(4-2)20-12-11(19-6-5-16-8-19)10(15)7-17-13(12)18-14(20)21/h5-9H,3-4H2,1-2H3,(H,17,18,21). The summed E-state index contributed by atoms with van der Waals surface area (Å²) in [5.74, 6) is 0. The van der Waals surface area contributed by atoms with Crippen LogP contribution in [0.4, 0.5) is 0 Å². The lowest BCUT2D eigenvalue weighted by Gasteiger charge is -2.18. The van der Waals surface area contributed by atoms with Crippen molar-refractivity contribution in [3.05, 3.63) is 29.9 Å². The first-order valence-electron chi connectivity index (χ1n) is 6.91. The van der Waals surface area contributed by atoms with E-state index in [0.717, 1.165) is 24.0 Å². The molecule has 1 N–H and O–H groups in total. The smallest absolute Gasteiger partial charge is 0.296 e. The highest BCUT2D eigenvalue weighted by Gasteiger charge is 2.22. The molecule has 0 unspecified atom stereocenters. The number of aromatic nitrogens is 5. The Bertz CT molecular complexity index is 761. The van der Waals surface area contributed by atoms with Crippen molar-refractivity contribution in [2.24, 2.45) is 0 Å². The van der Waals surface area contributed by atoms with Crippen LogP contribution >= 0.6 is 11.6 Å². The predicted molar refractivity (Wildman–Crippen MR) is 80.9 cm³/mol. The molecule has 21 heavy (non-hydrogen) atoms. The van der Waals surface area contributed by atoms with E-state index in [9.17, 15) is 5.11 Å². The third-order valence-corrected chi connectivity index (χ3v) is 3.97. The highest BCUT2D eigenvalue weighted by Crippen LogP contribution is 2.34. The molecule has 0 atom stereocenters. The first-order chi connectivity index (χ1) is 10.2. The molecule has 0 spiro atoms. The van der Waals surface area contributed by atoms with Gasteiger partial charge >= 0.3 is 0 Å². The van der Waals surface area contributed by atoms with Gasteiger partial charge in [0.1, 0.15) is 5.52 Å². The summed E-state index contributed by atoms with van der Waals surface area (Å²) in [6.07, 6.45) is 8.46. The first kappa shape index (κ1) is 13.9. The largest absolute Gasteiger partial charge is 0.480 e. The molecule has 0 aliphatic heterocycles. The molecule has 0 amide bonds. The average Bonchev–Trinajstić information content (AvgIpc) is 3.09. The van der Waals surface area contributed by atoms with Crippen molar-refractivity contribution in [1.82, 2.24) is 24.1 Å². The van der Waals surface area contributed by atoms with Gasteiger partial charge in [-0.3, -0.25) is 4.57 Å². The molecule has 0 aliphatic rings. The molecule has 3 heterocycles. The van der Waals surface area contributed by atoms with Crippen LogP contribution in [-0.2, 0) is 0 Å². The third-order valence-electron chi connectivity index (χ3n) is 3.70. The van der Waals surface area contributed by atoms with Gasteiger partial charge in [0.15, 0.2) is 5.65 Å². The summed E-state index contributed by atoms with van der Waals surface area (Å²) in [7, 11) is 0. The number of pyridine rings is 1. The van der Waals surface area contributed by atoms with Crippen molar-refractivity contribution in [1.29, 1.82) is 0 Å². The Kier molecular flexibility index (Phi) is 3.55. The lowest BCUT2D eigenvalue weighted by Crippen LogP contribution is -2.08. The second-order valence-electron chi connectivity index (χ2n) is 4.85. The van der Waals surface area contributed by atoms with Gasteiger partial charge in [0.2, 0.25) is 0 Å². The number of hydrogen-bond donors (Lipinski definition) is 1. The number of imidazole rings is 2. The van der Waals surface area contributed by atoms with Gasteiger partial charge in [-0.25, -0.2) is 9.97 Å². The maximum Gasteiger partial charge on any atom is 0.296 e. The number of rotatable bonds is 4. The summed E-state index contributed by atoms with van der Waals surface area (Å²) in [4.78, 5) is 12.4. The monoisotopic (exact) mass is 305 g/mol. The highest BCUT2D eigenvalue weighted by molar-refractivity contribution is 6.33. The van der Waals surface area contributed by atoms with Crippen LogP contribution in [0, 0.1) is 0 Å². The predicted octanol–water partition coefficient (Wildman–Crippen LogP) is 3.34. The van der Waals surface area contributed by atoms with E-state index in [1.165, 1.54) is 0 Å². The summed E-state index contributed by atoms with van der Waals surface area (Å²) in [5.41, 5.74) is 1.94. The van der Waals surface area contributed by atoms with Crippen molar-refractivity contribution < 1.29 is 5.11 Å². The molecule has 3 aromatic rings. The third kappa shape index (κ3) is 2.15. The van der Waals surface area contributed by atoms with Crippen LogP contribution in [0.5, 0.6) is 6.01 Å². The van der Waals surface area contributed by atoms with Crippen molar-refractivity contribution in [2.45, 2.75) is 32.7 Å². The molecule has 0 saturated heterocycles. The van der Waals surface area contributed by atoms with Crippen LogP contribution < -0.4 is 0 Å². The number of fused-ring (bicyclic) bond motifs is 1. The maximum absolute atomic E-state index is 10.2. The van der Waals surface area contributed by atoms with Gasteiger partial charge in [-0.05, 0) is 12.8 Å². The minimum atomic E-state index is -0.0326. The van der Waals surface area contributed by atoms with Crippen LogP contribution in [0.3, 0.4) is 0 Å². The van der Waals surface area contributed by atoms with Crippen molar-refractivity contribution in [2.75, 3.05) is 0 Å². The zero-order chi connectivity index (χ0) is 15.0. The topological polar surface area (TPSA) is 68.8 Å². The summed E-state index contributed by atoms with van der Waals surface area (Å²) in [6, 6.07) is 0.104. The van der Waals surface area contributed by atoms with E-state index in [-0.39, 0.29) is 12.1 Å². The molecule has 0 aliphatic carbocycles. The summed E-state index contributed by atoms with van der Waals surface area (Å²) in [5, 5.41) is 10.7. The average molecular weight is 306 g/mol. The SMILES string of the molecule is CCC(CC)n1c(O)nc2ncc(Cl)c(-n3ccnc3)c21. The van der Waals surface area contributed by atoms with Gasteiger partial charge in [-0.15, -0.1) is 0 Å². The van der Waals surface area contributed by atoms with Crippen LogP contribution in [0.25, 0.3) is 16.9 Å². The van der Waals surface area contributed by atoms with Gasteiger partial charge in [0.25, 0.3) is 6.01 Å². The summed E-state index contributed by atoms with van der Waals surface area (Å²) >= 11 is 6.33. The van der Waals surface area contributed by atoms with Gasteiger partial charge in [0, 0.05) is 18.4 Å². The van der Waals surface area contributed by atoms with Crippen molar-refractivity contribution >= 4 is 22.8 Å². The van der Waals surface area contributed by atoms with E-state index in [4.69, 9.17) is 11.6 Å². The Balaban J connectivity index is 2.38. The Hall–Kier alpha value is -2.08. The number of halogens is 1. The fourth-order valence-electron chi connectivity index (χ4n) is 2.65. The van der Waals surface area contributed by atoms with Crippen LogP contribution in [-0.4, -0.2) is 29.2 Å². The van der Waals surface area contributed by atoms with Crippen molar-refractivity contribution in [3.63, 3.8) is 0 Å². The molecule has 0 saturated carbocycles. The minimum Gasteiger partial charge on any atom is -0.480 e. The molecule has 3 rings (SSSR count). The molecule has 0 aromatic carbocycles. The fraction of sp³-hybridized carbons (Fsp3) is 0.357. The highest BCUT2D eigenvalue weighted by atomic mass is 35.5. The van der Waals surface area contributed by atoms with Gasteiger partial charge < -0.3 is 9.67 Å². The van der Waals surface area contributed by atoms with E-state index in [1.54, 1.807) is 18.7 Å². The Morgan fingerprint density at radius 1 is 1.33 bits per heavy atom. The molecule has 7 heteroatoms. The van der Waals surface area contributed by atoms with E-state index < -0.39 is 0 Å². The Labute approximate surface area is 127 Å². The molecule has 0 radical (unpaired) electrons. The number of nitrogens with zero attached hydrogens (tertiary/aromatic N) is 5. The Morgan fingerprint density at radius 2 is 2.10 bits per heavy atom. The summed E-state index contributed by atoms with van der Waals surface area (Å²) in [6.45, 7) is 4.16. The lowest BCUT2D eigenvalue weighted by atomic mass is 10.1. The molecular weight excluding hydrogens is 290 g/mol. The molecule has 0 bridgehead atoms. The molecular formula is C14H16ClN5O. The van der Waals surface area contributed by atoms with E-state index >= 15 is 0 Å². The first-order valence-corrected chi connectivity index (χ1v) is 7.28. The number of aromatic hydroxyl groups is 1. The van der Waals surface area contributed by atoms with Gasteiger partial charge in [0.05, 0.1) is 23.2 Å². The molecule has 110 valence electrons. The van der Waals surface area contributed by atoms with Gasteiger partial charge in [-0.2, -0.15) is 4.98 Å². The molecule has 6 nitrogen and oxygen atoms in total. The second-order valence-corrected chi connectivity index (χ2v) is 5.26. The van der Waals surface area contributed by atoms with Crippen LogP contribution in [0.15, 0.2) is 24.9 Å².